The maximum absolute atomic E-state index is 14.7. The van der Waals surface area contributed by atoms with Crippen LogP contribution >= 0.6 is 0 Å². The number of ether oxygens (including phenoxy) is 4. The van der Waals surface area contributed by atoms with E-state index in [0.29, 0.717) is 51.4 Å². The first-order valence-electron chi connectivity index (χ1n) is 21.5. The lowest BCUT2D eigenvalue weighted by molar-refractivity contribution is -0.180. The molecule has 0 spiro atoms. The molecule has 12 heteroatoms. The number of carbonyl (C=O) groups is 4. The Morgan fingerprint density at radius 1 is 0.439 bits per heavy atom. The molecule has 3 N–H and O–H groups in total. The highest BCUT2D eigenvalue weighted by Crippen LogP contribution is 2.40. The van der Waals surface area contributed by atoms with Crippen molar-refractivity contribution >= 4 is 23.9 Å². The van der Waals surface area contributed by atoms with Gasteiger partial charge < -0.3 is 34.9 Å². The average Bonchev–Trinajstić information content (AvgIpc) is 2.92. The lowest BCUT2D eigenvalue weighted by atomic mass is 9.78. The van der Waals surface area contributed by atoms with Crippen molar-refractivity contribution < 1.29 is 38.1 Å². The summed E-state index contributed by atoms with van der Waals surface area (Å²) in [6.45, 7) is 33.3. The minimum absolute atomic E-state index is 0.289. The first-order chi connectivity index (χ1) is 25.6. The zero-order valence-electron chi connectivity index (χ0n) is 38.7. The molecule has 328 valence electrons. The lowest BCUT2D eigenvalue weighted by Crippen LogP contribution is -2.60. The zero-order chi connectivity index (χ0) is 43.4. The van der Waals surface area contributed by atoms with E-state index in [0.717, 1.165) is 0 Å². The third-order valence-electron chi connectivity index (χ3n) is 12.8. The van der Waals surface area contributed by atoms with E-state index < -0.39 is 73.0 Å². The first-order valence-corrected chi connectivity index (χ1v) is 21.5. The van der Waals surface area contributed by atoms with Gasteiger partial charge in [-0.1, -0.05) is 0 Å². The fraction of sp³-hybridized carbons (Fsp3) is 0.911. The number of carbonyl (C=O) groups excluding carboxylic acids is 4. The van der Waals surface area contributed by atoms with E-state index in [1.807, 2.05) is 0 Å². The van der Waals surface area contributed by atoms with Crippen LogP contribution in [0.5, 0.6) is 0 Å². The van der Waals surface area contributed by atoms with E-state index in [4.69, 9.17) is 18.9 Å². The van der Waals surface area contributed by atoms with Gasteiger partial charge in [-0.25, -0.2) is 0 Å². The van der Waals surface area contributed by atoms with Crippen LogP contribution in [-0.4, -0.2) is 105 Å². The highest BCUT2D eigenvalue weighted by Gasteiger charge is 2.49. The minimum atomic E-state index is -1.34. The Labute approximate surface area is 344 Å². The molecule has 0 aromatic carbocycles. The van der Waals surface area contributed by atoms with Crippen molar-refractivity contribution in [1.82, 2.24) is 20.9 Å². The predicted octanol–water partition coefficient (Wildman–Crippen LogP) is 6.75. The summed E-state index contributed by atoms with van der Waals surface area (Å²) < 4.78 is 24.9. The molecule has 0 radical (unpaired) electrons. The maximum Gasteiger partial charge on any atom is 0.310 e. The number of hydrogen-bond donors (Lipinski definition) is 3. The fourth-order valence-corrected chi connectivity index (χ4v) is 11.4. The lowest BCUT2D eigenvalue weighted by Gasteiger charge is -2.53. The van der Waals surface area contributed by atoms with Gasteiger partial charge in [0, 0.05) is 95.7 Å². The van der Waals surface area contributed by atoms with Crippen molar-refractivity contribution in [2.24, 2.45) is 11.8 Å². The summed E-state index contributed by atoms with van der Waals surface area (Å²) in [4.78, 5) is 59.8. The van der Waals surface area contributed by atoms with Crippen LogP contribution < -0.4 is 16.0 Å². The number of rotatable bonds is 11. The van der Waals surface area contributed by atoms with E-state index in [1.54, 1.807) is 0 Å². The standard InChI is InChI=1S/C45H80N4O8/c1-38(2)20-28(21-39(3,4)46-38)54-34(50)18-32(36(52)56-30-24-42(9,10)48-43(11,12)25-30)33(19-35(51)55-29-22-40(5,6)47-41(7,8)23-29)37(53)57-31-26-44(13,14)49(17)45(15,16)27-31/h28-33,46-48H,18-27H2,1-17H3. The van der Waals surface area contributed by atoms with Gasteiger partial charge in [0.1, 0.15) is 24.4 Å². The molecule has 0 aromatic heterocycles. The van der Waals surface area contributed by atoms with Crippen LogP contribution in [0.3, 0.4) is 0 Å². The molecule has 4 heterocycles. The van der Waals surface area contributed by atoms with Crippen LogP contribution in [0.2, 0.25) is 0 Å². The largest absolute Gasteiger partial charge is 0.462 e. The molecule has 4 aliphatic rings. The number of likely N-dealkylation sites (tertiary alicyclic amines) is 1. The van der Waals surface area contributed by atoms with Crippen molar-refractivity contribution in [1.29, 1.82) is 0 Å². The quantitative estimate of drug-likeness (QED) is 0.150. The Hall–Kier alpha value is -2.28. The molecule has 0 saturated carbocycles. The number of piperidine rings is 4. The zero-order valence-corrected chi connectivity index (χ0v) is 38.7. The van der Waals surface area contributed by atoms with Gasteiger partial charge in [0.2, 0.25) is 0 Å². The van der Waals surface area contributed by atoms with Crippen LogP contribution in [-0.2, 0) is 38.1 Å². The molecule has 4 fully saturated rings. The van der Waals surface area contributed by atoms with Crippen molar-refractivity contribution in [3.05, 3.63) is 0 Å². The monoisotopic (exact) mass is 805 g/mol. The molecule has 4 aliphatic heterocycles. The molecule has 0 bridgehead atoms. The smallest absolute Gasteiger partial charge is 0.310 e. The summed E-state index contributed by atoms with van der Waals surface area (Å²) >= 11 is 0. The van der Waals surface area contributed by atoms with Gasteiger partial charge in [0.15, 0.2) is 0 Å². The van der Waals surface area contributed by atoms with Crippen LogP contribution in [0.25, 0.3) is 0 Å². The van der Waals surface area contributed by atoms with Crippen molar-refractivity contribution in [3.8, 4) is 0 Å². The molecule has 4 rings (SSSR count). The van der Waals surface area contributed by atoms with Gasteiger partial charge in [-0.2, -0.15) is 0 Å². The molecular formula is C45H80N4O8. The average molecular weight is 805 g/mol. The predicted molar refractivity (Wildman–Crippen MR) is 222 cm³/mol. The summed E-state index contributed by atoms with van der Waals surface area (Å²) in [6.07, 6.45) is 1.89. The Kier molecular flexibility index (Phi) is 13.6. The topological polar surface area (TPSA) is 145 Å². The van der Waals surface area contributed by atoms with E-state index in [1.165, 1.54) is 0 Å². The van der Waals surface area contributed by atoms with E-state index >= 15 is 0 Å². The van der Waals surface area contributed by atoms with Crippen molar-refractivity contribution in [2.75, 3.05) is 7.05 Å². The molecule has 2 atom stereocenters. The Bertz CT molecular complexity index is 1430. The molecule has 4 saturated heterocycles. The third kappa shape index (κ3) is 13.4. The number of hydrogen-bond acceptors (Lipinski definition) is 12. The van der Waals surface area contributed by atoms with Crippen molar-refractivity contribution in [2.45, 2.75) is 244 Å². The third-order valence-corrected chi connectivity index (χ3v) is 12.8. The van der Waals surface area contributed by atoms with Crippen LogP contribution in [0.4, 0.5) is 0 Å². The van der Waals surface area contributed by atoms with Gasteiger partial charge in [-0.05, 0) is 118 Å². The van der Waals surface area contributed by atoms with Crippen LogP contribution in [0, 0.1) is 11.8 Å². The molecule has 57 heavy (non-hydrogen) atoms. The first kappa shape index (κ1) is 47.4. The Balaban J connectivity index is 1.69. The van der Waals surface area contributed by atoms with E-state index in [-0.39, 0.29) is 44.3 Å². The summed E-state index contributed by atoms with van der Waals surface area (Å²) in [7, 11) is 2.08. The van der Waals surface area contributed by atoms with Crippen LogP contribution in [0.1, 0.15) is 175 Å². The number of nitrogens with zero attached hydrogens (tertiary/aromatic N) is 1. The Morgan fingerprint density at radius 3 is 0.930 bits per heavy atom. The second kappa shape index (κ2) is 16.3. The summed E-state index contributed by atoms with van der Waals surface area (Å²) in [5.74, 6) is -5.32. The highest BCUT2D eigenvalue weighted by atomic mass is 16.6. The van der Waals surface area contributed by atoms with E-state index in [2.05, 4.69) is 139 Å². The van der Waals surface area contributed by atoms with Crippen LogP contribution in [0.15, 0.2) is 0 Å². The summed E-state index contributed by atoms with van der Waals surface area (Å²) in [5.41, 5.74) is -2.39. The maximum atomic E-state index is 14.7. The number of esters is 4. The number of nitrogens with one attached hydrogen (secondary N) is 3. The second-order valence-electron chi connectivity index (χ2n) is 23.5. The van der Waals surface area contributed by atoms with Gasteiger partial charge in [0.05, 0.1) is 24.7 Å². The fourth-order valence-electron chi connectivity index (χ4n) is 11.4. The van der Waals surface area contributed by atoms with Gasteiger partial charge in [-0.15, -0.1) is 0 Å². The SMILES string of the molecule is CN1C(C)(C)CC(OC(=O)C(CC(=O)OC2CC(C)(C)NC(C)(C)C2)C(CC(=O)OC2CC(C)(C)NC(C)(C)C2)C(=O)OC2CC(C)(C)NC(C)(C)C2)CC1(C)C. The normalized spacial score (nSPS) is 28.0. The van der Waals surface area contributed by atoms with Gasteiger partial charge >= 0.3 is 23.9 Å². The minimum Gasteiger partial charge on any atom is -0.462 e. The van der Waals surface area contributed by atoms with Gasteiger partial charge in [-0.3, -0.25) is 24.1 Å². The van der Waals surface area contributed by atoms with Gasteiger partial charge in [0.25, 0.3) is 0 Å². The molecular weight excluding hydrogens is 725 g/mol. The van der Waals surface area contributed by atoms with E-state index in [9.17, 15) is 19.2 Å². The Morgan fingerprint density at radius 2 is 0.667 bits per heavy atom. The molecule has 0 aromatic rings. The molecule has 0 amide bonds. The second-order valence-corrected chi connectivity index (χ2v) is 23.5. The summed E-state index contributed by atoms with van der Waals surface area (Å²) in [6, 6.07) is 0. The molecule has 2 unspecified atom stereocenters. The summed E-state index contributed by atoms with van der Waals surface area (Å²) in [5, 5.41) is 10.8. The highest BCUT2D eigenvalue weighted by molar-refractivity contribution is 5.88. The molecule has 0 aliphatic carbocycles. The van der Waals surface area contributed by atoms with Crippen molar-refractivity contribution in [3.63, 3.8) is 0 Å². The molecule has 12 nitrogen and oxygen atoms in total.